The van der Waals surface area contributed by atoms with E-state index < -0.39 is 0 Å². The van der Waals surface area contributed by atoms with Crippen molar-refractivity contribution in [2.75, 3.05) is 7.11 Å². The van der Waals surface area contributed by atoms with Crippen molar-refractivity contribution in [3.05, 3.63) is 53.9 Å². The number of benzene rings is 1. The fraction of sp³-hybridized carbons (Fsp3) is 0.444. The van der Waals surface area contributed by atoms with Gasteiger partial charge in [0, 0.05) is 31.0 Å². The minimum atomic E-state index is 0.158. The molecule has 114 valence electrons. The van der Waals surface area contributed by atoms with Gasteiger partial charge in [0.1, 0.15) is 5.75 Å². The summed E-state index contributed by atoms with van der Waals surface area (Å²) in [7, 11) is 1.70. The van der Waals surface area contributed by atoms with Crippen molar-refractivity contribution in [1.29, 1.82) is 0 Å². The number of nitrogens with one attached hydrogen (secondary N) is 1. The topological polar surface area (TPSA) is 26.2 Å². The standard InChI is InChI=1S/C18H26N2O/c1-18(2,3)19-13-16-10-12-20(14-16)11-9-15-5-7-17(21-4)8-6-15/h5-8,10,12,14,19H,9,11,13H2,1-4H3. The summed E-state index contributed by atoms with van der Waals surface area (Å²) in [5.41, 5.74) is 2.82. The van der Waals surface area contributed by atoms with E-state index >= 15 is 0 Å². The zero-order valence-corrected chi connectivity index (χ0v) is 13.5. The van der Waals surface area contributed by atoms with Crippen LogP contribution >= 0.6 is 0 Å². The molecule has 0 fully saturated rings. The van der Waals surface area contributed by atoms with E-state index in [0.29, 0.717) is 0 Å². The number of ether oxygens (including phenoxy) is 1. The van der Waals surface area contributed by atoms with Crippen molar-refractivity contribution in [2.24, 2.45) is 0 Å². The molecule has 3 heteroatoms. The summed E-state index contributed by atoms with van der Waals surface area (Å²) in [6.07, 6.45) is 5.41. The number of aromatic nitrogens is 1. The lowest BCUT2D eigenvalue weighted by Gasteiger charge is -2.19. The second kappa shape index (κ2) is 6.81. The van der Waals surface area contributed by atoms with E-state index in [0.717, 1.165) is 25.3 Å². The largest absolute Gasteiger partial charge is 0.497 e. The quantitative estimate of drug-likeness (QED) is 0.877. The van der Waals surface area contributed by atoms with E-state index in [1.807, 2.05) is 12.1 Å². The highest BCUT2D eigenvalue weighted by molar-refractivity contribution is 5.27. The van der Waals surface area contributed by atoms with Gasteiger partial charge < -0.3 is 14.6 Å². The number of hydrogen-bond donors (Lipinski definition) is 1. The van der Waals surface area contributed by atoms with Gasteiger partial charge in [-0.2, -0.15) is 0 Å². The van der Waals surface area contributed by atoms with Crippen molar-refractivity contribution in [1.82, 2.24) is 9.88 Å². The molecule has 0 saturated carbocycles. The van der Waals surface area contributed by atoms with Gasteiger partial charge in [-0.05, 0) is 56.5 Å². The first-order chi connectivity index (χ1) is 9.96. The summed E-state index contributed by atoms with van der Waals surface area (Å²) in [6, 6.07) is 10.5. The molecule has 0 amide bonds. The first kappa shape index (κ1) is 15.6. The van der Waals surface area contributed by atoms with Crippen LogP contribution in [0, 0.1) is 0 Å². The van der Waals surface area contributed by atoms with Gasteiger partial charge in [-0.3, -0.25) is 0 Å². The number of aryl methyl sites for hydroxylation is 2. The maximum absolute atomic E-state index is 5.18. The van der Waals surface area contributed by atoms with E-state index in [1.165, 1.54) is 11.1 Å². The van der Waals surface area contributed by atoms with Gasteiger partial charge in [-0.15, -0.1) is 0 Å². The maximum Gasteiger partial charge on any atom is 0.118 e. The van der Waals surface area contributed by atoms with Gasteiger partial charge in [0.05, 0.1) is 7.11 Å². The molecular weight excluding hydrogens is 260 g/mol. The highest BCUT2D eigenvalue weighted by Crippen LogP contribution is 2.12. The highest BCUT2D eigenvalue weighted by atomic mass is 16.5. The molecule has 2 rings (SSSR count). The third-order valence-electron chi connectivity index (χ3n) is 3.45. The van der Waals surface area contributed by atoms with Gasteiger partial charge in [0.15, 0.2) is 0 Å². The number of nitrogens with zero attached hydrogens (tertiary/aromatic N) is 1. The summed E-state index contributed by atoms with van der Waals surface area (Å²) in [5, 5.41) is 3.51. The van der Waals surface area contributed by atoms with Crippen LogP contribution in [0.25, 0.3) is 0 Å². The SMILES string of the molecule is COc1ccc(CCn2ccc(CNC(C)(C)C)c2)cc1. The van der Waals surface area contributed by atoms with Crippen molar-refractivity contribution in [3.63, 3.8) is 0 Å². The molecule has 1 N–H and O–H groups in total. The third-order valence-corrected chi connectivity index (χ3v) is 3.45. The Morgan fingerprint density at radius 2 is 1.76 bits per heavy atom. The molecule has 0 aliphatic heterocycles. The molecule has 0 atom stereocenters. The van der Waals surface area contributed by atoms with Gasteiger partial charge in [-0.25, -0.2) is 0 Å². The predicted octanol–water partition coefficient (Wildman–Crippen LogP) is 3.63. The number of methoxy groups -OCH3 is 1. The Morgan fingerprint density at radius 3 is 2.38 bits per heavy atom. The molecule has 0 saturated heterocycles. The molecular formula is C18H26N2O. The Hall–Kier alpha value is -1.74. The lowest BCUT2D eigenvalue weighted by molar-refractivity contribution is 0.414. The second-order valence-corrected chi connectivity index (χ2v) is 6.46. The van der Waals surface area contributed by atoms with E-state index in [-0.39, 0.29) is 5.54 Å². The minimum absolute atomic E-state index is 0.158. The smallest absolute Gasteiger partial charge is 0.118 e. The average Bonchev–Trinajstić information content (AvgIpc) is 2.91. The Balaban J connectivity index is 1.84. The van der Waals surface area contributed by atoms with Crippen LogP contribution in [0.4, 0.5) is 0 Å². The summed E-state index contributed by atoms with van der Waals surface area (Å²) in [6.45, 7) is 8.48. The normalized spacial score (nSPS) is 11.6. The number of hydrogen-bond acceptors (Lipinski definition) is 2. The lowest BCUT2D eigenvalue weighted by Crippen LogP contribution is -2.34. The summed E-state index contributed by atoms with van der Waals surface area (Å²) in [4.78, 5) is 0. The van der Waals surface area contributed by atoms with Crippen LogP contribution in [0.3, 0.4) is 0 Å². The van der Waals surface area contributed by atoms with Crippen LogP contribution in [0.1, 0.15) is 31.9 Å². The molecule has 0 bridgehead atoms. The van der Waals surface area contributed by atoms with Crippen LogP contribution in [0.15, 0.2) is 42.7 Å². The molecule has 2 aromatic rings. The van der Waals surface area contributed by atoms with Crippen LogP contribution < -0.4 is 10.1 Å². The lowest BCUT2D eigenvalue weighted by atomic mass is 10.1. The molecule has 0 aliphatic carbocycles. The first-order valence-electron chi connectivity index (χ1n) is 7.49. The first-order valence-corrected chi connectivity index (χ1v) is 7.49. The summed E-state index contributed by atoms with van der Waals surface area (Å²) in [5.74, 6) is 0.912. The van der Waals surface area contributed by atoms with Crippen LogP contribution in [0.2, 0.25) is 0 Å². The van der Waals surface area contributed by atoms with Gasteiger partial charge in [0.2, 0.25) is 0 Å². The van der Waals surface area contributed by atoms with Crippen LogP contribution in [-0.2, 0) is 19.5 Å². The van der Waals surface area contributed by atoms with Gasteiger partial charge in [-0.1, -0.05) is 12.1 Å². The Kier molecular flexibility index (Phi) is 5.07. The van der Waals surface area contributed by atoms with E-state index in [9.17, 15) is 0 Å². The maximum atomic E-state index is 5.18. The number of rotatable bonds is 6. The predicted molar refractivity (Wildman–Crippen MR) is 87.7 cm³/mol. The summed E-state index contributed by atoms with van der Waals surface area (Å²) < 4.78 is 7.43. The van der Waals surface area contributed by atoms with E-state index in [1.54, 1.807) is 7.11 Å². The van der Waals surface area contributed by atoms with Crippen molar-refractivity contribution < 1.29 is 4.74 Å². The molecule has 3 nitrogen and oxygen atoms in total. The summed E-state index contributed by atoms with van der Waals surface area (Å²) >= 11 is 0. The monoisotopic (exact) mass is 286 g/mol. The second-order valence-electron chi connectivity index (χ2n) is 6.46. The van der Waals surface area contributed by atoms with Crippen molar-refractivity contribution >= 4 is 0 Å². The Labute approximate surface area is 127 Å². The van der Waals surface area contributed by atoms with E-state index in [4.69, 9.17) is 4.74 Å². The van der Waals surface area contributed by atoms with Gasteiger partial charge in [0.25, 0.3) is 0 Å². The van der Waals surface area contributed by atoms with Crippen molar-refractivity contribution in [3.8, 4) is 5.75 Å². The molecule has 0 radical (unpaired) electrons. The fourth-order valence-corrected chi connectivity index (χ4v) is 2.15. The molecule has 0 aliphatic rings. The van der Waals surface area contributed by atoms with Gasteiger partial charge >= 0.3 is 0 Å². The molecule has 0 spiro atoms. The third kappa shape index (κ3) is 5.27. The van der Waals surface area contributed by atoms with E-state index in [2.05, 4.69) is 61.2 Å². The Bertz CT molecular complexity index is 549. The Morgan fingerprint density at radius 1 is 1.05 bits per heavy atom. The highest BCUT2D eigenvalue weighted by Gasteiger charge is 2.08. The minimum Gasteiger partial charge on any atom is -0.497 e. The zero-order chi connectivity index (χ0) is 15.3. The van der Waals surface area contributed by atoms with Crippen molar-refractivity contribution in [2.45, 2.75) is 45.8 Å². The average molecular weight is 286 g/mol. The van der Waals surface area contributed by atoms with Crippen LogP contribution in [-0.4, -0.2) is 17.2 Å². The molecule has 21 heavy (non-hydrogen) atoms. The fourth-order valence-electron chi connectivity index (χ4n) is 2.15. The molecule has 1 aromatic carbocycles. The van der Waals surface area contributed by atoms with Crippen LogP contribution in [0.5, 0.6) is 5.75 Å². The molecule has 0 unspecified atom stereocenters. The zero-order valence-electron chi connectivity index (χ0n) is 13.5. The molecule has 1 aromatic heterocycles. The molecule has 1 heterocycles.